The van der Waals surface area contributed by atoms with Crippen molar-refractivity contribution in [3.63, 3.8) is 0 Å². The average Bonchev–Trinajstić information content (AvgIpc) is 2.56. The molecule has 1 saturated heterocycles. The van der Waals surface area contributed by atoms with Gasteiger partial charge in [-0.05, 0) is 19.9 Å². The lowest BCUT2D eigenvalue weighted by molar-refractivity contribution is -0.141. The summed E-state index contributed by atoms with van der Waals surface area (Å²) in [5.41, 5.74) is 6.24. The number of rotatable bonds is 3. The molecule has 0 unspecified atom stereocenters. The maximum atomic E-state index is 5.61. The van der Waals surface area contributed by atoms with Gasteiger partial charge in [0.05, 0.1) is 6.61 Å². The van der Waals surface area contributed by atoms with Gasteiger partial charge >= 0.3 is 0 Å². The van der Waals surface area contributed by atoms with Crippen molar-refractivity contribution in [2.45, 2.75) is 25.7 Å². The molecule has 0 aromatic carbocycles. The molecule has 0 radical (unpaired) electrons. The van der Waals surface area contributed by atoms with E-state index in [1.807, 2.05) is 13.8 Å². The smallest absolute Gasteiger partial charge is 0.215 e. The molecule has 2 heterocycles. The maximum Gasteiger partial charge on any atom is 0.215 e. The molecule has 1 fully saturated rings. The molecule has 88 valence electrons. The largest absolute Gasteiger partial charge is 0.475 e. The Balaban J connectivity index is 1.84. The van der Waals surface area contributed by atoms with E-state index in [0.717, 1.165) is 0 Å². The Morgan fingerprint density at radius 1 is 1.62 bits per heavy atom. The molecule has 2 rings (SSSR count). The highest BCUT2D eigenvalue weighted by atomic mass is 16.7. The van der Waals surface area contributed by atoms with Gasteiger partial charge in [0, 0.05) is 18.0 Å². The van der Waals surface area contributed by atoms with Gasteiger partial charge in [0.1, 0.15) is 12.7 Å². The number of hydrogen-bond acceptors (Lipinski definition) is 5. The average molecular weight is 224 g/mol. The zero-order valence-corrected chi connectivity index (χ0v) is 9.47. The Morgan fingerprint density at radius 2 is 2.44 bits per heavy atom. The Morgan fingerprint density at radius 3 is 3.06 bits per heavy atom. The number of nitrogens with zero attached hydrogens (tertiary/aromatic N) is 1. The monoisotopic (exact) mass is 224 g/mol. The lowest BCUT2D eigenvalue weighted by Gasteiger charge is -2.17. The summed E-state index contributed by atoms with van der Waals surface area (Å²) < 4.78 is 16.5. The van der Waals surface area contributed by atoms with Gasteiger partial charge in [-0.3, -0.25) is 0 Å². The molecule has 2 N–H and O–H groups in total. The second-order valence-corrected chi connectivity index (χ2v) is 4.19. The molecule has 1 aromatic heterocycles. The first-order valence-corrected chi connectivity index (χ1v) is 5.21. The summed E-state index contributed by atoms with van der Waals surface area (Å²) in [6.45, 7) is 4.71. The number of nitrogen functional groups attached to an aromatic ring is 1. The van der Waals surface area contributed by atoms with Crippen LogP contribution in [0.1, 0.15) is 13.8 Å². The first-order chi connectivity index (χ1) is 7.55. The first kappa shape index (κ1) is 11.2. The fourth-order valence-electron chi connectivity index (χ4n) is 1.53. The predicted octanol–water partition coefficient (Wildman–Crippen LogP) is 1.19. The highest BCUT2D eigenvalue weighted by Crippen LogP contribution is 2.22. The summed E-state index contributed by atoms with van der Waals surface area (Å²) >= 11 is 0. The van der Waals surface area contributed by atoms with E-state index in [4.69, 9.17) is 19.9 Å². The van der Waals surface area contributed by atoms with Crippen LogP contribution >= 0.6 is 0 Å². The molecule has 1 aliphatic rings. The van der Waals surface area contributed by atoms with E-state index < -0.39 is 5.79 Å². The van der Waals surface area contributed by atoms with E-state index in [9.17, 15) is 0 Å². The van der Waals surface area contributed by atoms with Gasteiger partial charge < -0.3 is 19.9 Å². The lowest BCUT2D eigenvalue weighted by atomic mass is 10.4. The fourth-order valence-corrected chi connectivity index (χ4v) is 1.53. The summed E-state index contributed by atoms with van der Waals surface area (Å²) in [4.78, 5) is 4.04. The third kappa shape index (κ3) is 2.84. The minimum atomic E-state index is -0.517. The van der Waals surface area contributed by atoms with Crippen molar-refractivity contribution in [1.29, 1.82) is 0 Å². The molecule has 0 bridgehead atoms. The minimum absolute atomic E-state index is 0.0572. The summed E-state index contributed by atoms with van der Waals surface area (Å²) in [5, 5.41) is 0. The van der Waals surface area contributed by atoms with Crippen molar-refractivity contribution in [2.24, 2.45) is 0 Å². The van der Waals surface area contributed by atoms with Crippen LogP contribution in [-0.4, -0.2) is 30.1 Å². The number of ether oxygens (including phenoxy) is 3. The Kier molecular flexibility index (Phi) is 2.98. The number of anilines is 1. The van der Waals surface area contributed by atoms with E-state index in [1.165, 1.54) is 0 Å². The summed E-state index contributed by atoms with van der Waals surface area (Å²) in [7, 11) is 0. The van der Waals surface area contributed by atoms with Crippen LogP contribution in [0.3, 0.4) is 0 Å². The first-order valence-electron chi connectivity index (χ1n) is 5.21. The standard InChI is InChI=1S/C11H16N2O3/c1-11(2)15-7-9(16-11)6-14-10-5-8(12)3-4-13-10/h3-5,9H,6-7H2,1-2H3,(H2,12,13)/t9-/m0/s1. The fraction of sp³-hybridized carbons (Fsp3) is 0.545. The van der Waals surface area contributed by atoms with Gasteiger partial charge in [0.15, 0.2) is 5.79 Å². The summed E-state index contributed by atoms with van der Waals surface area (Å²) in [6.07, 6.45) is 1.55. The molecule has 5 heteroatoms. The zero-order valence-electron chi connectivity index (χ0n) is 9.47. The number of aromatic nitrogens is 1. The minimum Gasteiger partial charge on any atom is -0.475 e. The van der Waals surface area contributed by atoms with E-state index in [1.54, 1.807) is 18.3 Å². The molecular formula is C11H16N2O3. The molecule has 1 aliphatic heterocycles. The number of nitrogens with two attached hydrogens (primary N) is 1. The highest BCUT2D eigenvalue weighted by molar-refractivity contribution is 5.39. The Hall–Kier alpha value is -1.33. The van der Waals surface area contributed by atoms with Gasteiger partial charge in [-0.2, -0.15) is 0 Å². The summed E-state index contributed by atoms with van der Waals surface area (Å²) in [5.74, 6) is -0.00900. The number of pyridine rings is 1. The van der Waals surface area contributed by atoms with Gasteiger partial charge in [0.25, 0.3) is 0 Å². The van der Waals surface area contributed by atoms with Crippen molar-refractivity contribution in [1.82, 2.24) is 4.98 Å². The SMILES string of the molecule is CC1(C)OC[C@H](COc2cc(N)ccn2)O1. The predicted molar refractivity (Wildman–Crippen MR) is 59.0 cm³/mol. The molecule has 0 saturated carbocycles. The lowest BCUT2D eigenvalue weighted by Crippen LogP contribution is -2.25. The van der Waals surface area contributed by atoms with Gasteiger partial charge in [0.2, 0.25) is 5.88 Å². The van der Waals surface area contributed by atoms with Crippen LogP contribution in [0.15, 0.2) is 18.3 Å². The van der Waals surface area contributed by atoms with Crippen LogP contribution in [0.25, 0.3) is 0 Å². The van der Waals surface area contributed by atoms with Gasteiger partial charge in [-0.25, -0.2) is 4.98 Å². The molecule has 1 aromatic rings. The molecule has 0 spiro atoms. The normalized spacial score (nSPS) is 23.2. The third-order valence-corrected chi connectivity index (χ3v) is 2.24. The zero-order chi connectivity index (χ0) is 11.6. The summed E-state index contributed by atoms with van der Waals surface area (Å²) in [6, 6.07) is 3.39. The topological polar surface area (TPSA) is 66.6 Å². The molecule has 0 amide bonds. The van der Waals surface area contributed by atoms with E-state index >= 15 is 0 Å². The highest BCUT2D eigenvalue weighted by Gasteiger charge is 2.32. The van der Waals surface area contributed by atoms with Crippen molar-refractivity contribution < 1.29 is 14.2 Å². The van der Waals surface area contributed by atoms with Crippen molar-refractivity contribution in [2.75, 3.05) is 18.9 Å². The Bertz CT molecular complexity index is 368. The molecular weight excluding hydrogens is 208 g/mol. The second kappa shape index (κ2) is 4.27. The third-order valence-electron chi connectivity index (χ3n) is 2.24. The number of hydrogen-bond donors (Lipinski definition) is 1. The van der Waals surface area contributed by atoms with Crippen molar-refractivity contribution in [3.8, 4) is 5.88 Å². The molecule has 5 nitrogen and oxygen atoms in total. The van der Waals surface area contributed by atoms with Crippen molar-refractivity contribution >= 4 is 5.69 Å². The quantitative estimate of drug-likeness (QED) is 0.835. The van der Waals surface area contributed by atoms with Crippen LogP contribution in [0, 0.1) is 0 Å². The molecule has 16 heavy (non-hydrogen) atoms. The molecule has 0 aliphatic carbocycles. The van der Waals surface area contributed by atoms with Crippen molar-refractivity contribution in [3.05, 3.63) is 18.3 Å². The van der Waals surface area contributed by atoms with Gasteiger partial charge in [-0.15, -0.1) is 0 Å². The van der Waals surface area contributed by atoms with Crippen LogP contribution < -0.4 is 10.5 Å². The van der Waals surface area contributed by atoms with E-state index in [-0.39, 0.29) is 6.10 Å². The maximum absolute atomic E-state index is 5.61. The van der Waals surface area contributed by atoms with E-state index in [2.05, 4.69) is 4.98 Å². The van der Waals surface area contributed by atoms with Gasteiger partial charge in [-0.1, -0.05) is 0 Å². The van der Waals surface area contributed by atoms with Crippen LogP contribution in [-0.2, 0) is 9.47 Å². The molecule has 1 atom stereocenters. The van der Waals surface area contributed by atoms with E-state index in [0.29, 0.717) is 24.8 Å². The van der Waals surface area contributed by atoms with Crippen LogP contribution in [0.4, 0.5) is 5.69 Å². The van der Waals surface area contributed by atoms with Crippen LogP contribution in [0.5, 0.6) is 5.88 Å². The Labute approximate surface area is 94.5 Å². The second-order valence-electron chi connectivity index (χ2n) is 4.19. The van der Waals surface area contributed by atoms with Crippen LogP contribution in [0.2, 0.25) is 0 Å².